The van der Waals surface area contributed by atoms with Crippen molar-refractivity contribution in [2.45, 2.75) is 13.3 Å². The molecule has 1 aliphatic rings. The van der Waals surface area contributed by atoms with Gasteiger partial charge in [0.05, 0.1) is 17.2 Å². The molecule has 0 aliphatic carbocycles. The van der Waals surface area contributed by atoms with Crippen LogP contribution in [0.3, 0.4) is 0 Å². The van der Waals surface area contributed by atoms with E-state index in [0.717, 1.165) is 15.7 Å². The molecule has 6 nitrogen and oxygen atoms in total. The molecule has 0 bridgehead atoms. The number of rotatable bonds is 5. The van der Waals surface area contributed by atoms with Crippen molar-refractivity contribution in [3.05, 3.63) is 88.4 Å². The second-order valence-electron chi connectivity index (χ2n) is 7.69. The maximum atomic E-state index is 12.9. The predicted octanol–water partition coefficient (Wildman–Crippen LogP) is 5.00. The Balaban J connectivity index is 1.47. The Morgan fingerprint density at radius 3 is 2.28 bits per heavy atom. The van der Waals surface area contributed by atoms with Crippen LogP contribution in [0.1, 0.15) is 22.3 Å². The van der Waals surface area contributed by atoms with Crippen LogP contribution in [-0.4, -0.2) is 24.3 Å². The van der Waals surface area contributed by atoms with Crippen LogP contribution in [0.5, 0.6) is 0 Å². The lowest BCUT2D eigenvalue weighted by atomic mass is 10.1. The topological polar surface area (TPSA) is 78.5 Å². The predicted molar refractivity (Wildman–Crippen MR) is 129 cm³/mol. The summed E-state index contributed by atoms with van der Waals surface area (Å²) in [6.07, 6.45) is 0.124. The average Bonchev–Trinajstić information content (AvgIpc) is 3.18. The Bertz CT molecular complexity index is 1180. The van der Waals surface area contributed by atoms with Gasteiger partial charge >= 0.3 is 0 Å². The van der Waals surface area contributed by atoms with Gasteiger partial charge in [0.1, 0.15) is 0 Å². The number of benzene rings is 3. The van der Waals surface area contributed by atoms with E-state index in [2.05, 4.69) is 26.6 Å². The van der Waals surface area contributed by atoms with Crippen molar-refractivity contribution in [2.24, 2.45) is 5.92 Å². The van der Waals surface area contributed by atoms with Crippen LogP contribution >= 0.6 is 15.9 Å². The largest absolute Gasteiger partial charge is 0.325 e. The summed E-state index contributed by atoms with van der Waals surface area (Å²) < 4.78 is 0.919. The molecule has 1 heterocycles. The molecule has 0 radical (unpaired) electrons. The van der Waals surface area contributed by atoms with E-state index in [9.17, 15) is 14.4 Å². The highest BCUT2D eigenvalue weighted by atomic mass is 79.9. The van der Waals surface area contributed by atoms with Gasteiger partial charge in [0.15, 0.2) is 0 Å². The summed E-state index contributed by atoms with van der Waals surface area (Å²) >= 11 is 3.38. The molecular weight excluding hydrogens is 470 g/mol. The number of para-hydroxylation sites is 2. The second-order valence-corrected chi connectivity index (χ2v) is 8.60. The van der Waals surface area contributed by atoms with Crippen LogP contribution in [0.2, 0.25) is 0 Å². The normalized spacial score (nSPS) is 15.5. The second kappa shape index (κ2) is 9.36. The Hall–Kier alpha value is -3.45. The molecule has 2 N–H and O–H groups in total. The third-order valence-corrected chi connectivity index (χ3v) is 5.99. The average molecular weight is 492 g/mol. The van der Waals surface area contributed by atoms with Crippen LogP contribution < -0.4 is 15.5 Å². The molecule has 1 saturated heterocycles. The Kier molecular flexibility index (Phi) is 6.37. The van der Waals surface area contributed by atoms with Gasteiger partial charge in [-0.3, -0.25) is 14.4 Å². The number of hydrogen-bond acceptors (Lipinski definition) is 3. The summed E-state index contributed by atoms with van der Waals surface area (Å²) in [5.41, 5.74) is 3.19. The molecule has 3 aromatic carbocycles. The highest BCUT2D eigenvalue weighted by molar-refractivity contribution is 9.10. The van der Waals surface area contributed by atoms with E-state index < -0.39 is 5.92 Å². The first-order chi connectivity index (χ1) is 15.4. The van der Waals surface area contributed by atoms with Gasteiger partial charge < -0.3 is 15.5 Å². The SMILES string of the molecule is Cc1ccccc1NC(=O)c1ccccc1NC(=O)C1CC(=O)N(c2ccc(Br)cc2)C1. The first-order valence-corrected chi connectivity index (χ1v) is 11.0. The monoisotopic (exact) mass is 491 g/mol. The smallest absolute Gasteiger partial charge is 0.257 e. The lowest BCUT2D eigenvalue weighted by molar-refractivity contribution is -0.122. The van der Waals surface area contributed by atoms with Crippen LogP contribution in [0.15, 0.2) is 77.3 Å². The van der Waals surface area contributed by atoms with Gasteiger partial charge in [-0.2, -0.15) is 0 Å². The molecule has 1 atom stereocenters. The molecule has 32 heavy (non-hydrogen) atoms. The van der Waals surface area contributed by atoms with E-state index >= 15 is 0 Å². The molecule has 1 aliphatic heterocycles. The van der Waals surface area contributed by atoms with Crippen molar-refractivity contribution in [1.82, 2.24) is 0 Å². The van der Waals surface area contributed by atoms with Crippen LogP contribution in [0, 0.1) is 12.8 Å². The Morgan fingerprint density at radius 2 is 1.56 bits per heavy atom. The molecule has 162 valence electrons. The van der Waals surface area contributed by atoms with Crippen molar-refractivity contribution < 1.29 is 14.4 Å². The van der Waals surface area contributed by atoms with Crippen molar-refractivity contribution in [1.29, 1.82) is 0 Å². The summed E-state index contributed by atoms with van der Waals surface area (Å²) in [6, 6.07) is 21.8. The van der Waals surface area contributed by atoms with E-state index in [4.69, 9.17) is 0 Å². The van der Waals surface area contributed by atoms with Gasteiger partial charge in [-0.1, -0.05) is 46.3 Å². The molecule has 1 unspecified atom stereocenters. The van der Waals surface area contributed by atoms with E-state index in [1.165, 1.54) is 0 Å². The molecule has 3 amide bonds. The number of aryl methyl sites for hydroxylation is 1. The third kappa shape index (κ3) is 4.73. The van der Waals surface area contributed by atoms with Gasteiger partial charge in [0, 0.05) is 28.8 Å². The number of nitrogens with one attached hydrogen (secondary N) is 2. The molecule has 1 fully saturated rings. The molecule has 0 spiro atoms. The molecule has 7 heteroatoms. The number of carbonyl (C=O) groups excluding carboxylic acids is 3. The summed E-state index contributed by atoms with van der Waals surface area (Å²) in [5.74, 6) is -1.19. The summed E-state index contributed by atoms with van der Waals surface area (Å²) in [6.45, 7) is 2.21. The minimum Gasteiger partial charge on any atom is -0.325 e. The van der Waals surface area contributed by atoms with Crippen molar-refractivity contribution >= 4 is 50.7 Å². The summed E-state index contributed by atoms with van der Waals surface area (Å²) in [4.78, 5) is 40.0. The highest BCUT2D eigenvalue weighted by Crippen LogP contribution is 2.28. The van der Waals surface area contributed by atoms with Gasteiger partial charge in [-0.05, 0) is 55.0 Å². The number of carbonyl (C=O) groups is 3. The number of hydrogen-bond donors (Lipinski definition) is 2. The quantitative estimate of drug-likeness (QED) is 0.526. The highest BCUT2D eigenvalue weighted by Gasteiger charge is 2.35. The molecular formula is C25H22BrN3O3. The minimum atomic E-state index is -0.501. The zero-order valence-corrected chi connectivity index (χ0v) is 19.1. The fourth-order valence-corrected chi connectivity index (χ4v) is 3.95. The van der Waals surface area contributed by atoms with Crippen molar-refractivity contribution in [3.63, 3.8) is 0 Å². The number of halogens is 1. The molecule has 4 rings (SSSR count). The number of anilines is 3. The van der Waals surface area contributed by atoms with Gasteiger partial charge in [0.2, 0.25) is 11.8 Å². The van der Waals surface area contributed by atoms with Crippen LogP contribution in [0.4, 0.5) is 17.1 Å². The standard InChI is InChI=1S/C25H22BrN3O3/c1-16-6-2-4-8-21(16)27-25(32)20-7-3-5-9-22(20)28-24(31)17-14-23(30)29(15-17)19-12-10-18(26)11-13-19/h2-13,17H,14-15H2,1H3,(H,27,32)(H,28,31). The zero-order chi connectivity index (χ0) is 22.7. The first-order valence-electron chi connectivity index (χ1n) is 10.2. The summed E-state index contributed by atoms with van der Waals surface area (Å²) in [5, 5.41) is 5.74. The third-order valence-electron chi connectivity index (χ3n) is 5.46. The van der Waals surface area contributed by atoms with E-state index in [1.807, 2.05) is 55.5 Å². The Labute approximate surface area is 194 Å². The fraction of sp³-hybridized carbons (Fsp3) is 0.160. The first kappa shape index (κ1) is 21.8. The number of nitrogens with zero attached hydrogens (tertiary/aromatic N) is 1. The minimum absolute atomic E-state index is 0.0990. The van der Waals surface area contributed by atoms with E-state index in [0.29, 0.717) is 23.5 Å². The summed E-state index contributed by atoms with van der Waals surface area (Å²) in [7, 11) is 0. The zero-order valence-electron chi connectivity index (χ0n) is 17.5. The molecule has 0 saturated carbocycles. The van der Waals surface area contributed by atoms with Gasteiger partial charge in [-0.25, -0.2) is 0 Å². The maximum absolute atomic E-state index is 12.9. The maximum Gasteiger partial charge on any atom is 0.257 e. The van der Waals surface area contributed by atoms with E-state index in [-0.39, 0.29) is 24.1 Å². The van der Waals surface area contributed by atoms with Gasteiger partial charge in [0.25, 0.3) is 5.91 Å². The molecule has 3 aromatic rings. The van der Waals surface area contributed by atoms with Gasteiger partial charge in [-0.15, -0.1) is 0 Å². The van der Waals surface area contributed by atoms with Crippen molar-refractivity contribution in [3.8, 4) is 0 Å². The molecule has 0 aromatic heterocycles. The van der Waals surface area contributed by atoms with Crippen LogP contribution in [-0.2, 0) is 9.59 Å². The fourth-order valence-electron chi connectivity index (χ4n) is 3.68. The number of amides is 3. The van der Waals surface area contributed by atoms with Crippen LogP contribution in [0.25, 0.3) is 0 Å². The Morgan fingerprint density at radius 1 is 0.906 bits per heavy atom. The lowest BCUT2D eigenvalue weighted by Crippen LogP contribution is -2.28. The van der Waals surface area contributed by atoms with Crippen molar-refractivity contribution in [2.75, 3.05) is 22.1 Å². The van der Waals surface area contributed by atoms with E-state index in [1.54, 1.807) is 29.2 Å². The lowest BCUT2D eigenvalue weighted by Gasteiger charge is -2.17.